The fourth-order valence-electron chi connectivity index (χ4n) is 2.14. The molecular formula is C15H25N3O. The van der Waals surface area contributed by atoms with Crippen LogP contribution in [0, 0.1) is 0 Å². The van der Waals surface area contributed by atoms with Crippen LogP contribution < -0.4 is 10.6 Å². The highest BCUT2D eigenvalue weighted by molar-refractivity contribution is 5.96. The number of benzene rings is 1. The molecule has 1 unspecified atom stereocenters. The van der Waals surface area contributed by atoms with Crippen molar-refractivity contribution in [1.82, 2.24) is 4.90 Å². The zero-order valence-corrected chi connectivity index (χ0v) is 12.6. The Bertz CT molecular complexity index is 443. The molecule has 1 aromatic rings. The van der Waals surface area contributed by atoms with Gasteiger partial charge in [-0.3, -0.25) is 4.79 Å². The normalized spacial score (nSPS) is 12.1. The third kappa shape index (κ3) is 3.40. The molecule has 2 N–H and O–H groups in total. The first-order valence-corrected chi connectivity index (χ1v) is 6.80. The van der Waals surface area contributed by atoms with Crippen LogP contribution in [0.3, 0.4) is 0 Å². The Hall–Kier alpha value is -1.71. The first kappa shape index (κ1) is 15.3. The van der Waals surface area contributed by atoms with E-state index >= 15 is 0 Å². The molecule has 0 radical (unpaired) electrons. The van der Waals surface area contributed by atoms with Gasteiger partial charge in [0.25, 0.3) is 5.91 Å². The minimum absolute atomic E-state index is 0.0499. The lowest BCUT2D eigenvalue weighted by atomic mass is 10.1. The molecule has 106 valence electrons. The third-order valence-electron chi connectivity index (χ3n) is 3.48. The van der Waals surface area contributed by atoms with E-state index in [9.17, 15) is 4.79 Å². The van der Waals surface area contributed by atoms with Gasteiger partial charge in [-0.25, -0.2) is 0 Å². The molecule has 0 saturated carbocycles. The first-order chi connectivity index (χ1) is 8.92. The van der Waals surface area contributed by atoms with Gasteiger partial charge in [0.2, 0.25) is 0 Å². The Morgan fingerprint density at radius 2 is 1.95 bits per heavy atom. The lowest BCUT2D eigenvalue weighted by Crippen LogP contribution is -2.38. The lowest BCUT2D eigenvalue weighted by molar-refractivity contribution is 0.0700. The highest BCUT2D eigenvalue weighted by Gasteiger charge is 2.19. The van der Waals surface area contributed by atoms with Crippen molar-refractivity contribution >= 4 is 17.3 Å². The monoisotopic (exact) mass is 263 g/mol. The summed E-state index contributed by atoms with van der Waals surface area (Å²) in [5.74, 6) is 0.0499. The Labute approximate surface area is 116 Å². The summed E-state index contributed by atoms with van der Waals surface area (Å²) >= 11 is 0. The molecule has 1 amide bonds. The topological polar surface area (TPSA) is 49.6 Å². The lowest BCUT2D eigenvalue weighted by Gasteiger charge is -2.27. The highest BCUT2D eigenvalue weighted by atomic mass is 16.2. The summed E-state index contributed by atoms with van der Waals surface area (Å²) in [5, 5.41) is 0. The molecular weight excluding hydrogens is 238 g/mol. The zero-order valence-electron chi connectivity index (χ0n) is 12.6. The molecule has 19 heavy (non-hydrogen) atoms. The number of carbonyl (C=O) groups is 1. The molecule has 0 heterocycles. The van der Waals surface area contributed by atoms with Crippen LogP contribution in [-0.4, -0.2) is 37.5 Å². The van der Waals surface area contributed by atoms with E-state index in [-0.39, 0.29) is 11.9 Å². The van der Waals surface area contributed by atoms with Gasteiger partial charge in [0.05, 0.1) is 11.4 Å². The number of anilines is 2. The van der Waals surface area contributed by atoms with Crippen LogP contribution in [0.2, 0.25) is 0 Å². The van der Waals surface area contributed by atoms with Crippen molar-refractivity contribution in [2.75, 3.05) is 31.3 Å². The molecule has 4 heteroatoms. The van der Waals surface area contributed by atoms with Gasteiger partial charge >= 0.3 is 0 Å². The van der Waals surface area contributed by atoms with Crippen LogP contribution in [0.1, 0.15) is 37.6 Å². The largest absolute Gasteiger partial charge is 0.397 e. The Morgan fingerprint density at radius 3 is 2.37 bits per heavy atom. The molecule has 0 spiro atoms. The van der Waals surface area contributed by atoms with Crippen molar-refractivity contribution in [1.29, 1.82) is 0 Å². The summed E-state index contributed by atoms with van der Waals surface area (Å²) < 4.78 is 0. The molecule has 1 aromatic carbocycles. The van der Waals surface area contributed by atoms with Gasteiger partial charge in [0.1, 0.15) is 0 Å². The van der Waals surface area contributed by atoms with Gasteiger partial charge in [-0.2, -0.15) is 0 Å². The van der Waals surface area contributed by atoms with Crippen LogP contribution in [-0.2, 0) is 0 Å². The molecule has 0 bridgehead atoms. The van der Waals surface area contributed by atoms with Gasteiger partial charge in [-0.1, -0.05) is 6.92 Å². The average molecular weight is 263 g/mol. The van der Waals surface area contributed by atoms with Gasteiger partial charge in [0.15, 0.2) is 0 Å². The standard InChI is InChI=1S/C15H25N3O/c1-6-11(3)18(7-2)15(19)12-8-9-14(17(4)5)13(16)10-12/h8-11H,6-7,16H2,1-5H3. The summed E-state index contributed by atoms with van der Waals surface area (Å²) in [6, 6.07) is 5.75. The fraction of sp³-hybridized carbons (Fsp3) is 0.533. The van der Waals surface area contributed by atoms with E-state index in [0.29, 0.717) is 17.8 Å². The van der Waals surface area contributed by atoms with E-state index in [4.69, 9.17) is 5.73 Å². The van der Waals surface area contributed by atoms with Gasteiger partial charge in [-0.15, -0.1) is 0 Å². The number of hydrogen-bond acceptors (Lipinski definition) is 3. The number of rotatable bonds is 5. The minimum atomic E-state index is 0.0499. The van der Waals surface area contributed by atoms with E-state index in [1.807, 2.05) is 43.0 Å². The van der Waals surface area contributed by atoms with Crippen molar-refractivity contribution in [2.24, 2.45) is 0 Å². The number of amides is 1. The molecule has 0 aliphatic heterocycles. The molecule has 0 aliphatic rings. The number of nitrogens with two attached hydrogens (primary N) is 1. The van der Waals surface area contributed by atoms with E-state index in [1.165, 1.54) is 0 Å². The van der Waals surface area contributed by atoms with Crippen LogP contribution in [0.15, 0.2) is 18.2 Å². The van der Waals surface area contributed by atoms with E-state index in [0.717, 1.165) is 12.1 Å². The number of hydrogen-bond donors (Lipinski definition) is 1. The smallest absolute Gasteiger partial charge is 0.254 e. The average Bonchev–Trinajstić information content (AvgIpc) is 2.38. The summed E-state index contributed by atoms with van der Waals surface area (Å²) in [6.45, 7) is 6.87. The third-order valence-corrected chi connectivity index (χ3v) is 3.48. The second-order valence-corrected chi connectivity index (χ2v) is 5.02. The van der Waals surface area contributed by atoms with Gasteiger partial charge in [0, 0.05) is 32.2 Å². The molecule has 1 rings (SSSR count). The van der Waals surface area contributed by atoms with Crippen LogP contribution in [0.25, 0.3) is 0 Å². The molecule has 0 aliphatic carbocycles. The fourth-order valence-corrected chi connectivity index (χ4v) is 2.14. The predicted molar refractivity (Wildman–Crippen MR) is 81.6 cm³/mol. The predicted octanol–water partition coefficient (Wildman–Crippen LogP) is 2.60. The molecule has 4 nitrogen and oxygen atoms in total. The second-order valence-electron chi connectivity index (χ2n) is 5.02. The Balaban J connectivity index is 3.03. The minimum Gasteiger partial charge on any atom is -0.397 e. The zero-order chi connectivity index (χ0) is 14.6. The summed E-state index contributed by atoms with van der Waals surface area (Å²) in [5.41, 5.74) is 8.22. The number of nitrogens with zero attached hydrogens (tertiary/aromatic N) is 2. The molecule has 0 saturated heterocycles. The maximum absolute atomic E-state index is 12.5. The van der Waals surface area contributed by atoms with Crippen LogP contribution in [0.4, 0.5) is 11.4 Å². The van der Waals surface area contributed by atoms with Crippen molar-refractivity contribution in [2.45, 2.75) is 33.2 Å². The quantitative estimate of drug-likeness (QED) is 0.831. The summed E-state index contributed by atoms with van der Waals surface area (Å²) in [4.78, 5) is 16.3. The Morgan fingerprint density at radius 1 is 1.32 bits per heavy atom. The number of nitrogen functional groups attached to an aromatic ring is 1. The second kappa shape index (κ2) is 6.45. The van der Waals surface area contributed by atoms with Crippen molar-refractivity contribution in [3.63, 3.8) is 0 Å². The van der Waals surface area contributed by atoms with E-state index < -0.39 is 0 Å². The van der Waals surface area contributed by atoms with Gasteiger partial charge < -0.3 is 15.5 Å². The Kier molecular flexibility index (Phi) is 5.21. The van der Waals surface area contributed by atoms with E-state index in [1.54, 1.807) is 6.07 Å². The molecule has 0 aromatic heterocycles. The van der Waals surface area contributed by atoms with Crippen molar-refractivity contribution in [3.8, 4) is 0 Å². The van der Waals surface area contributed by atoms with Crippen LogP contribution >= 0.6 is 0 Å². The van der Waals surface area contributed by atoms with Gasteiger partial charge in [-0.05, 0) is 38.5 Å². The molecule has 0 fully saturated rings. The van der Waals surface area contributed by atoms with Crippen molar-refractivity contribution in [3.05, 3.63) is 23.8 Å². The van der Waals surface area contributed by atoms with E-state index in [2.05, 4.69) is 13.8 Å². The maximum atomic E-state index is 12.5. The SMILES string of the molecule is CCC(C)N(CC)C(=O)c1ccc(N(C)C)c(N)c1. The highest BCUT2D eigenvalue weighted by Crippen LogP contribution is 2.23. The summed E-state index contributed by atoms with van der Waals surface area (Å²) in [6.07, 6.45) is 0.949. The first-order valence-electron chi connectivity index (χ1n) is 6.80. The number of carbonyl (C=O) groups excluding carboxylic acids is 1. The van der Waals surface area contributed by atoms with Crippen LogP contribution in [0.5, 0.6) is 0 Å². The maximum Gasteiger partial charge on any atom is 0.254 e. The van der Waals surface area contributed by atoms with Crippen molar-refractivity contribution < 1.29 is 4.79 Å². The molecule has 1 atom stereocenters. The summed E-state index contributed by atoms with van der Waals surface area (Å²) in [7, 11) is 3.87.